The van der Waals surface area contributed by atoms with Crippen molar-refractivity contribution in [2.75, 3.05) is 32.5 Å². The van der Waals surface area contributed by atoms with E-state index in [0.717, 1.165) is 23.9 Å². The molecule has 1 aliphatic rings. The van der Waals surface area contributed by atoms with E-state index in [2.05, 4.69) is 29.2 Å². The second-order valence-electron chi connectivity index (χ2n) is 5.00. The number of nitrogens with one attached hydrogen (secondary N) is 1. The van der Waals surface area contributed by atoms with E-state index in [1.807, 2.05) is 30.3 Å². The summed E-state index contributed by atoms with van der Waals surface area (Å²) in [6.45, 7) is 2.08. The van der Waals surface area contributed by atoms with Crippen LogP contribution in [0.5, 0.6) is 0 Å². The van der Waals surface area contributed by atoms with Crippen LogP contribution in [0.25, 0.3) is 0 Å². The van der Waals surface area contributed by atoms with Gasteiger partial charge in [-0.3, -0.25) is 0 Å². The molecule has 18 heavy (non-hydrogen) atoms. The van der Waals surface area contributed by atoms with Crippen molar-refractivity contribution in [1.82, 2.24) is 9.80 Å². The molecule has 1 aromatic rings. The Morgan fingerprint density at radius 1 is 1.33 bits per heavy atom. The average molecular weight is 263 g/mol. The standard InChI is InChI=1S/C14H21N3S/c1-16(2)13-9-6-10-17(11-13)14(18)15-12-7-4-3-5-8-12/h3-5,7-8,13H,6,9-11H2,1-2H3,(H,15,18). The summed E-state index contributed by atoms with van der Waals surface area (Å²) >= 11 is 5.49. The number of piperidine rings is 1. The van der Waals surface area contributed by atoms with Gasteiger partial charge >= 0.3 is 0 Å². The van der Waals surface area contributed by atoms with E-state index < -0.39 is 0 Å². The minimum absolute atomic E-state index is 0.606. The summed E-state index contributed by atoms with van der Waals surface area (Å²) in [5, 5.41) is 4.15. The van der Waals surface area contributed by atoms with Crippen LogP contribution < -0.4 is 5.32 Å². The molecule has 1 saturated heterocycles. The van der Waals surface area contributed by atoms with Crippen LogP contribution in [-0.4, -0.2) is 48.1 Å². The van der Waals surface area contributed by atoms with Gasteiger partial charge in [0.25, 0.3) is 0 Å². The molecular formula is C14H21N3S. The predicted molar refractivity (Wildman–Crippen MR) is 80.9 cm³/mol. The van der Waals surface area contributed by atoms with Crippen LogP contribution in [0.2, 0.25) is 0 Å². The highest BCUT2D eigenvalue weighted by atomic mass is 32.1. The van der Waals surface area contributed by atoms with Gasteiger partial charge in [0.1, 0.15) is 0 Å². The fraction of sp³-hybridized carbons (Fsp3) is 0.500. The molecule has 1 heterocycles. The van der Waals surface area contributed by atoms with E-state index in [1.54, 1.807) is 0 Å². The average Bonchev–Trinajstić information content (AvgIpc) is 2.40. The normalized spacial score (nSPS) is 19.9. The first-order chi connectivity index (χ1) is 8.66. The van der Waals surface area contributed by atoms with Gasteiger partial charge in [0.15, 0.2) is 5.11 Å². The molecule has 0 radical (unpaired) electrons. The number of likely N-dealkylation sites (N-methyl/N-ethyl adjacent to an activating group) is 1. The molecule has 0 spiro atoms. The maximum Gasteiger partial charge on any atom is 0.173 e. The molecule has 0 saturated carbocycles. The Labute approximate surface area is 115 Å². The third-order valence-electron chi connectivity index (χ3n) is 3.44. The van der Waals surface area contributed by atoms with Gasteiger partial charge in [-0.15, -0.1) is 0 Å². The Kier molecular flexibility index (Phi) is 4.55. The maximum atomic E-state index is 5.49. The summed E-state index contributed by atoms with van der Waals surface area (Å²) in [5.41, 5.74) is 1.06. The van der Waals surface area contributed by atoms with Crippen LogP contribution >= 0.6 is 12.2 Å². The monoisotopic (exact) mass is 263 g/mol. The van der Waals surface area contributed by atoms with Crippen molar-refractivity contribution in [3.63, 3.8) is 0 Å². The highest BCUT2D eigenvalue weighted by Crippen LogP contribution is 2.15. The summed E-state index contributed by atoms with van der Waals surface area (Å²) < 4.78 is 0. The second-order valence-corrected chi connectivity index (χ2v) is 5.39. The van der Waals surface area contributed by atoms with Crippen LogP contribution in [0, 0.1) is 0 Å². The molecule has 1 atom stereocenters. The van der Waals surface area contributed by atoms with Crippen molar-refractivity contribution in [2.45, 2.75) is 18.9 Å². The molecule has 1 aromatic carbocycles. The molecule has 0 aromatic heterocycles. The SMILES string of the molecule is CN(C)C1CCCN(C(=S)Nc2ccccc2)C1. The van der Waals surface area contributed by atoms with Crippen molar-refractivity contribution >= 4 is 23.0 Å². The van der Waals surface area contributed by atoms with Gasteiger partial charge in [0, 0.05) is 24.8 Å². The minimum Gasteiger partial charge on any atom is -0.347 e. The van der Waals surface area contributed by atoms with Crippen LogP contribution in [0.4, 0.5) is 5.69 Å². The van der Waals surface area contributed by atoms with E-state index in [1.165, 1.54) is 12.8 Å². The lowest BCUT2D eigenvalue weighted by atomic mass is 10.1. The Hall–Kier alpha value is -1.13. The summed E-state index contributed by atoms with van der Waals surface area (Å²) in [7, 11) is 4.28. The molecule has 1 unspecified atom stereocenters. The number of hydrogen-bond donors (Lipinski definition) is 1. The Morgan fingerprint density at radius 2 is 2.06 bits per heavy atom. The zero-order chi connectivity index (χ0) is 13.0. The predicted octanol–water partition coefficient (Wildman–Crippen LogP) is 2.41. The highest BCUT2D eigenvalue weighted by molar-refractivity contribution is 7.80. The van der Waals surface area contributed by atoms with Crippen LogP contribution in [-0.2, 0) is 0 Å². The van der Waals surface area contributed by atoms with E-state index in [4.69, 9.17) is 12.2 Å². The number of benzene rings is 1. The zero-order valence-electron chi connectivity index (χ0n) is 11.1. The van der Waals surface area contributed by atoms with Gasteiger partial charge in [0.05, 0.1) is 0 Å². The molecule has 4 heteroatoms. The summed E-state index contributed by atoms with van der Waals surface area (Å²) in [6.07, 6.45) is 2.47. The van der Waals surface area contributed by atoms with Crippen molar-refractivity contribution in [3.05, 3.63) is 30.3 Å². The number of thiocarbonyl (C=S) groups is 1. The zero-order valence-corrected chi connectivity index (χ0v) is 11.9. The molecule has 0 aliphatic carbocycles. The topological polar surface area (TPSA) is 18.5 Å². The van der Waals surface area contributed by atoms with E-state index in [-0.39, 0.29) is 0 Å². The fourth-order valence-corrected chi connectivity index (χ4v) is 2.57. The van der Waals surface area contributed by atoms with Crippen molar-refractivity contribution in [1.29, 1.82) is 0 Å². The lowest BCUT2D eigenvalue weighted by molar-refractivity contribution is 0.185. The molecule has 1 aliphatic heterocycles. The second kappa shape index (κ2) is 6.16. The quantitative estimate of drug-likeness (QED) is 0.826. The third-order valence-corrected chi connectivity index (χ3v) is 3.80. The molecule has 2 rings (SSSR count). The molecule has 0 amide bonds. The third kappa shape index (κ3) is 3.43. The summed E-state index contributed by atoms with van der Waals surface area (Å²) in [5.74, 6) is 0. The van der Waals surface area contributed by atoms with Gasteiger partial charge in [-0.1, -0.05) is 18.2 Å². The minimum atomic E-state index is 0.606. The number of likely N-dealkylation sites (tertiary alicyclic amines) is 1. The lowest BCUT2D eigenvalue weighted by Gasteiger charge is -2.37. The molecule has 0 bridgehead atoms. The first-order valence-electron chi connectivity index (χ1n) is 6.44. The molecule has 1 fully saturated rings. The van der Waals surface area contributed by atoms with Crippen LogP contribution in [0.1, 0.15) is 12.8 Å². The van der Waals surface area contributed by atoms with Crippen molar-refractivity contribution < 1.29 is 0 Å². The van der Waals surface area contributed by atoms with Crippen molar-refractivity contribution in [3.8, 4) is 0 Å². The number of hydrogen-bond acceptors (Lipinski definition) is 2. The lowest BCUT2D eigenvalue weighted by Crippen LogP contribution is -2.48. The van der Waals surface area contributed by atoms with Gasteiger partial charge in [-0.25, -0.2) is 0 Å². The molecular weight excluding hydrogens is 242 g/mol. The summed E-state index contributed by atoms with van der Waals surface area (Å²) in [6, 6.07) is 10.7. The van der Waals surface area contributed by atoms with Gasteiger partial charge in [0.2, 0.25) is 0 Å². The number of anilines is 1. The molecule has 98 valence electrons. The Balaban J connectivity index is 1.93. The first-order valence-corrected chi connectivity index (χ1v) is 6.85. The Bertz CT molecular complexity index is 391. The maximum absolute atomic E-state index is 5.49. The number of rotatable bonds is 2. The fourth-order valence-electron chi connectivity index (χ4n) is 2.28. The molecule has 3 nitrogen and oxygen atoms in total. The van der Waals surface area contributed by atoms with E-state index in [0.29, 0.717) is 6.04 Å². The van der Waals surface area contributed by atoms with Gasteiger partial charge in [-0.2, -0.15) is 0 Å². The van der Waals surface area contributed by atoms with Crippen LogP contribution in [0.15, 0.2) is 30.3 Å². The number of nitrogens with zero attached hydrogens (tertiary/aromatic N) is 2. The Morgan fingerprint density at radius 3 is 2.72 bits per heavy atom. The van der Waals surface area contributed by atoms with E-state index in [9.17, 15) is 0 Å². The van der Waals surface area contributed by atoms with Crippen molar-refractivity contribution in [2.24, 2.45) is 0 Å². The van der Waals surface area contributed by atoms with E-state index >= 15 is 0 Å². The molecule has 1 N–H and O–H groups in total. The van der Waals surface area contributed by atoms with Gasteiger partial charge < -0.3 is 15.1 Å². The van der Waals surface area contributed by atoms with Crippen LogP contribution in [0.3, 0.4) is 0 Å². The highest BCUT2D eigenvalue weighted by Gasteiger charge is 2.22. The number of para-hydroxylation sites is 1. The smallest absolute Gasteiger partial charge is 0.173 e. The van der Waals surface area contributed by atoms with Gasteiger partial charge in [-0.05, 0) is 51.3 Å². The summed E-state index contributed by atoms with van der Waals surface area (Å²) in [4.78, 5) is 4.56. The largest absolute Gasteiger partial charge is 0.347 e. The first kappa shape index (κ1) is 13.3.